The first-order valence-electron chi connectivity index (χ1n) is 5.73. The minimum Gasteiger partial charge on any atom is -0.354 e. The molecular weight excluding hydrogens is 228 g/mol. The van der Waals surface area contributed by atoms with Crippen molar-refractivity contribution in [1.29, 1.82) is 5.26 Å². The van der Waals surface area contributed by atoms with Gasteiger partial charge < -0.3 is 5.32 Å². The Hall–Kier alpha value is -2.55. The summed E-state index contributed by atoms with van der Waals surface area (Å²) >= 11 is 0. The number of aryl methyl sites for hydroxylation is 1. The van der Waals surface area contributed by atoms with E-state index in [1.807, 2.05) is 25.1 Å². The van der Waals surface area contributed by atoms with Gasteiger partial charge in [0.15, 0.2) is 12.2 Å². The molecule has 0 bridgehead atoms. The molecule has 90 valence electrons. The quantitative estimate of drug-likeness (QED) is 0.780. The monoisotopic (exact) mass is 240 g/mol. The van der Waals surface area contributed by atoms with Gasteiger partial charge in [-0.1, -0.05) is 12.1 Å². The fraction of sp³-hybridized carbons (Fsp3) is 0.250. The van der Waals surface area contributed by atoms with Crippen LogP contribution < -0.4 is 10.6 Å². The molecule has 2 heterocycles. The molecule has 0 saturated carbocycles. The van der Waals surface area contributed by atoms with Crippen LogP contribution in [0, 0.1) is 18.4 Å². The van der Waals surface area contributed by atoms with Crippen LogP contribution in [0.25, 0.3) is 11.0 Å². The van der Waals surface area contributed by atoms with Crippen molar-refractivity contribution in [3.05, 3.63) is 23.8 Å². The van der Waals surface area contributed by atoms with Crippen molar-refractivity contribution in [2.75, 3.05) is 18.4 Å². The zero-order valence-corrected chi connectivity index (χ0v) is 9.94. The second kappa shape index (κ2) is 4.04. The smallest absolute Gasteiger partial charge is 0.224 e. The molecule has 0 radical (unpaired) electrons. The van der Waals surface area contributed by atoms with Gasteiger partial charge in [0.1, 0.15) is 0 Å². The minimum absolute atomic E-state index is 0.495. The molecule has 0 saturated heterocycles. The lowest BCUT2D eigenvalue weighted by molar-refractivity contribution is 0.957. The minimum atomic E-state index is 0.495. The standard InChI is InChI=1S/C12H12N6/c1-8-3-2-4-9-10(8)18(7-13)12(16-9)17-11-14-5-6-15-11/h2-4H,5-6H2,1H3,(H2,14,15,16,17). The zero-order chi connectivity index (χ0) is 12.5. The first-order chi connectivity index (χ1) is 8.79. The molecule has 6 heteroatoms. The molecule has 1 aromatic heterocycles. The lowest BCUT2D eigenvalue weighted by Gasteiger charge is -2.04. The Morgan fingerprint density at radius 2 is 2.39 bits per heavy atom. The number of anilines is 1. The molecule has 0 atom stereocenters. The maximum absolute atomic E-state index is 9.28. The average molecular weight is 240 g/mol. The Morgan fingerprint density at radius 3 is 3.11 bits per heavy atom. The van der Waals surface area contributed by atoms with Crippen LogP contribution in [0.1, 0.15) is 5.56 Å². The van der Waals surface area contributed by atoms with E-state index >= 15 is 0 Å². The normalized spacial score (nSPS) is 14.1. The first kappa shape index (κ1) is 10.6. The highest BCUT2D eigenvalue weighted by molar-refractivity contribution is 5.95. The van der Waals surface area contributed by atoms with Crippen molar-refractivity contribution in [3.63, 3.8) is 0 Å². The lowest BCUT2D eigenvalue weighted by Crippen LogP contribution is -2.27. The van der Waals surface area contributed by atoms with Gasteiger partial charge in [-0.15, -0.1) is 0 Å². The Labute approximate surface area is 104 Å². The maximum Gasteiger partial charge on any atom is 0.224 e. The molecule has 0 unspecified atom stereocenters. The van der Waals surface area contributed by atoms with Gasteiger partial charge in [0, 0.05) is 6.54 Å². The summed E-state index contributed by atoms with van der Waals surface area (Å²) in [7, 11) is 0. The predicted octanol–water partition coefficient (Wildman–Crippen LogP) is 1.04. The number of aromatic nitrogens is 2. The molecule has 3 rings (SSSR count). The van der Waals surface area contributed by atoms with Crippen LogP contribution in [0.3, 0.4) is 0 Å². The molecule has 2 aromatic rings. The third kappa shape index (κ3) is 1.57. The van der Waals surface area contributed by atoms with Crippen molar-refractivity contribution in [2.24, 2.45) is 4.99 Å². The van der Waals surface area contributed by atoms with Crippen LogP contribution in [-0.2, 0) is 0 Å². The second-order valence-electron chi connectivity index (χ2n) is 4.10. The van der Waals surface area contributed by atoms with E-state index in [9.17, 15) is 5.26 Å². The van der Waals surface area contributed by atoms with Crippen molar-refractivity contribution < 1.29 is 0 Å². The Balaban J connectivity index is 2.12. The van der Waals surface area contributed by atoms with Crippen LogP contribution in [0.4, 0.5) is 5.95 Å². The van der Waals surface area contributed by atoms with E-state index in [1.165, 1.54) is 4.57 Å². The summed E-state index contributed by atoms with van der Waals surface area (Å²) in [5.74, 6) is 1.16. The SMILES string of the molecule is Cc1cccc2nc(NC3=NCCN3)n(C#N)c12. The number of nitrogens with one attached hydrogen (secondary N) is 2. The van der Waals surface area contributed by atoms with Gasteiger partial charge >= 0.3 is 0 Å². The number of imidazole rings is 1. The molecule has 6 nitrogen and oxygen atoms in total. The maximum atomic E-state index is 9.28. The van der Waals surface area contributed by atoms with E-state index in [1.54, 1.807) is 0 Å². The van der Waals surface area contributed by atoms with Gasteiger partial charge in [-0.2, -0.15) is 5.26 Å². The topological polar surface area (TPSA) is 78.0 Å². The highest BCUT2D eigenvalue weighted by Crippen LogP contribution is 2.21. The third-order valence-corrected chi connectivity index (χ3v) is 2.88. The number of fused-ring (bicyclic) bond motifs is 1. The molecule has 0 aliphatic carbocycles. The number of aliphatic imine (C=N–C) groups is 1. The van der Waals surface area contributed by atoms with E-state index in [4.69, 9.17) is 0 Å². The summed E-state index contributed by atoms with van der Waals surface area (Å²) in [5.41, 5.74) is 2.66. The van der Waals surface area contributed by atoms with Crippen molar-refractivity contribution >= 4 is 22.9 Å². The van der Waals surface area contributed by atoms with Crippen LogP contribution >= 0.6 is 0 Å². The molecule has 18 heavy (non-hydrogen) atoms. The van der Waals surface area contributed by atoms with Crippen molar-refractivity contribution in [3.8, 4) is 6.19 Å². The van der Waals surface area contributed by atoms with Crippen LogP contribution in [0.2, 0.25) is 0 Å². The summed E-state index contributed by atoms with van der Waals surface area (Å²) in [6, 6.07) is 5.79. The van der Waals surface area contributed by atoms with Gasteiger partial charge in [0.2, 0.25) is 5.95 Å². The number of nitriles is 1. The van der Waals surface area contributed by atoms with Gasteiger partial charge in [0.25, 0.3) is 0 Å². The lowest BCUT2D eigenvalue weighted by atomic mass is 10.2. The Kier molecular flexibility index (Phi) is 2.38. The fourth-order valence-electron chi connectivity index (χ4n) is 2.06. The molecule has 0 fully saturated rings. The summed E-state index contributed by atoms with van der Waals surface area (Å²) in [4.78, 5) is 8.65. The number of para-hydroxylation sites is 1. The number of hydrogen-bond donors (Lipinski definition) is 2. The van der Waals surface area contributed by atoms with Gasteiger partial charge in [-0.05, 0) is 18.6 Å². The number of guanidine groups is 1. The van der Waals surface area contributed by atoms with Crippen LogP contribution in [0.15, 0.2) is 23.2 Å². The van der Waals surface area contributed by atoms with E-state index in [2.05, 4.69) is 26.8 Å². The second-order valence-corrected chi connectivity index (χ2v) is 4.10. The van der Waals surface area contributed by atoms with E-state index < -0.39 is 0 Å². The number of benzene rings is 1. The molecule has 1 aliphatic heterocycles. The summed E-state index contributed by atoms with van der Waals surface area (Å²) in [5, 5.41) is 15.4. The molecule has 0 spiro atoms. The predicted molar refractivity (Wildman–Crippen MR) is 69.4 cm³/mol. The van der Waals surface area contributed by atoms with E-state index in [-0.39, 0.29) is 0 Å². The molecule has 1 aliphatic rings. The number of rotatable bonds is 1. The van der Waals surface area contributed by atoms with Crippen LogP contribution in [0.5, 0.6) is 0 Å². The molecule has 1 aromatic carbocycles. The van der Waals surface area contributed by atoms with Gasteiger partial charge in [-0.25, -0.2) is 9.55 Å². The first-order valence-corrected chi connectivity index (χ1v) is 5.73. The molecule has 2 N–H and O–H groups in total. The van der Waals surface area contributed by atoms with Crippen molar-refractivity contribution in [2.45, 2.75) is 6.92 Å². The van der Waals surface area contributed by atoms with Gasteiger partial charge in [-0.3, -0.25) is 10.3 Å². The Bertz CT molecular complexity index is 676. The average Bonchev–Trinajstić information content (AvgIpc) is 2.97. The van der Waals surface area contributed by atoms with E-state index in [0.717, 1.165) is 29.7 Å². The van der Waals surface area contributed by atoms with Crippen LogP contribution in [-0.4, -0.2) is 28.6 Å². The van der Waals surface area contributed by atoms with Gasteiger partial charge in [0.05, 0.1) is 17.6 Å². The molecule has 0 amide bonds. The van der Waals surface area contributed by atoms with E-state index in [0.29, 0.717) is 11.9 Å². The molecular formula is C12H12N6. The largest absolute Gasteiger partial charge is 0.354 e. The summed E-state index contributed by atoms with van der Waals surface area (Å²) in [6.07, 6.45) is 2.14. The summed E-state index contributed by atoms with van der Waals surface area (Å²) < 4.78 is 1.49. The zero-order valence-electron chi connectivity index (χ0n) is 9.94. The highest BCUT2D eigenvalue weighted by atomic mass is 15.3. The highest BCUT2D eigenvalue weighted by Gasteiger charge is 2.14. The summed E-state index contributed by atoms with van der Waals surface area (Å²) in [6.45, 7) is 3.52. The number of nitrogens with zero attached hydrogens (tertiary/aromatic N) is 4. The Morgan fingerprint density at radius 1 is 1.50 bits per heavy atom. The third-order valence-electron chi connectivity index (χ3n) is 2.88. The fourth-order valence-corrected chi connectivity index (χ4v) is 2.06. The van der Waals surface area contributed by atoms with Crippen molar-refractivity contribution in [1.82, 2.24) is 14.9 Å². The number of hydrogen-bond acceptors (Lipinski definition) is 5.